The molecular weight excluding hydrogens is 422 g/mol. The summed E-state index contributed by atoms with van der Waals surface area (Å²) < 4.78 is 11.4. The number of rotatable bonds is 9. The molecule has 0 radical (unpaired) electrons. The van der Waals surface area contributed by atoms with Crippen molar-refractivity contribution < 1.29 is 14.3 Å². The standard InChI is InChI=1S/C25H31N3O3S/c1-15(2)31-17(4)12-19-9-10-21(30-6)20(13-19)14-27-24(29)23-18(5)32-25(28-23)22-16(3)8-7-11-26-22/h7-11,13,15,17H,12,14H2,1-6H3,(H,27,29). The van der Waals surface area contributed by atoms with Crippen LogP contribution < -0.4 is 10.1 Å². The Bertz CT molecular complexity index is 1080. The minimum Gasteiger partial charge on any atom is -0.496 e. The average molecular weight is 454 g/mol. The number of amides is 1. The minimum absolute atomic E-state index is 0.108. The van der Waals surface area contributed by atoms with Gasteiger partial charge in [0.05, 0.1) is 19.3 Å². The number of pyridine rings is 1. The summed E-state index contributed by atoms with van der Waals surface area (Å²) in [4.78, 5) is 22.8. The van der Waals surface area contributed by atoms with Crippen LogP contribution in [0.5, 0.6) is 5.75 Å². The first kappa shape index (κ1) is 23.9. The van der Waals surface area contributed by atoms with Crippen LogP contribution in [0.4, 0.5) is 0 Å². The van der Waals surface area contributed by atoms with E-state index in [1.165, 1.54) is 11.3 Å². The summed E-state index contributed by atoms with van der Waals surface area (Å²) in [7, 11) is 1.64. The van der Waals surface area contributed by atoms with Crippen LogP contribution in [0.1, 0.15) is 52.8 Å². The van der Waals surface area contributed by atoms with Crippen molar-refractivity contribution in [2.75, 3.05) is 7.11 Å². The Morgan fingerprint density at radius 2 is 1.97 bits per heavy atom. The first-order valence-corrected chi connectivity index (χ1v) is 11.6. The molecule has 0 aliphatic carbocycles. The molecule has 170 valence electrons. The van der Waals surface area contributed by atoms with Gasteiger partial charge in [-0.15, -0.1) is 11.3 Å². The van der Waals surface area contributed by atoms with Crippen LogP contribution in [0.2, 0.25) is 0 Å². The summed E-state index contributed by atoms with van der Waals surface area (Å²) in [5.41, 5.74) is 4.34. The Hall–Kier alpha value is -2.77. The van der Waals surface area contributed by atoms with Gasteiger partial charge < -0.3 is 14.8 Å². The maximum atomic E-state index is 12.9. The molecule has 1 N–H and O–H groups in total. The summed E-state index contributed by atoms with van der Waals surface area (Å²) in [6.45, 7) is 10.4. The van der Waals surface area contributed by atoms with Gasteiger partial charge in [0.25, 0.3) is 5.91 Å². The molecule has 0 saturated carbocycles. The lowest BCUT2D eigenvalue weighted by atomic mass is 10.0. The van der Waals surface area contributed by atoms with Gasteiger partial charge in [0.1, 0.15) is 22.1 Å². The zero-order valence-electron chi connectivity index (χ0n) is 19.6. The molecule has 0 fully saturated rings. The third-order valence-corrected chi connectivity index (χ3v) is 6.01. The lowest BCUT2D eigenvalue weighted by Gasteiger charge is -2.17. The number of ether oxygens (including phenoxy) is 2. The normalized spacial score (nSPS) is 12.1. The minimum atomic E-state index is -0.206. The molecule has 7 heteroatoms. The quantitative estimate of drug-likeness (QED) is 0.487. The van der Waals surface area contributed by atoms with Crippen molar-refractivity contribution in [2.24, 2.45) is 0 Å². The molecule has 0 bridgehead atoms. The van der Waals surface area contributed by atoms with E-state index >= 15 is 0 Å². The van der Waals surface area contributed by atoms with Crippen LogP contribution in [0.3, 0.4) is 0 Å². The molecule has 0 saturated heterocycles. The molecule has 0 aliphatic heterocycles. The van der Waals surface area contributed by atoms with Crippen molar-refractivity contribution in [2.45, 2.75) is 59.8 Å². The van der Waals surface area contributed by atoms with E-state index in [0.717, 1.165) is 44.4 Å². The van der Waals surface area contributed by atoms with E-state index < -0.39 is 0 Å². The molecule has 3 rings (SSSR count). The second-order valence-corrected chi connectivity index (χ2v) is 9.32. The van der Waals surface area contributed by atoms with E-state index in [1.54, 1.807) is 13.3 Å². The largest absolute Gasteiger partial charge is 0.496 e. The van der Waals surface area contributed by atoms with Crippen LogP contribution in [-0.4, -0.2) is 35.2 Å². The van der Waals surface area contributed by atoms with Crippen LogP contribution in [0.25, 0.3) is 10.7 Å². The van der Waals surface area contributed by atoms with Crippen molar-refractivity contribution >= 4 is 17.2 Å². The molecule has 2 heterocycles. The smallest absolute Gasteiger partial charge is 0.271 e. The molecule has 6 nitrogen and oxygen atoms in total. The van der Waals surface area contributed by atoms with Crippen LogP contribution in [0.15, 0.2) is 36.5 Å². The Morgan fingerprint density at radius 1 is 1.19 bits per heavy atom. The first-order valence-electron chi connectivity index (χ1n) is 10.8. The number of hydrogen-bond donors (Lipinski definition) is 1. The molecule has 1 atom stereocenters. The van der Waals surface area contributed by atoms with Crippen molar-refractivity contribution in [3.63, 3.8) is 0 Å². The van der Waals surface area contributed by atoms with Crippen molar-refractivity contribution in [3.8, 4) is 16.5 Å². The van der Waals surface area contributed by atoms with Gasteiger partial charge in [-0.05, 0) is 64.3 Å². The van der Waals surface area contributed by atoms with E-state index in [2.05, 4.69) is 28.3 Å². The van der Waals surface area contributed by atoms with Gasteiger partial charge in [-0.1, -0.05) is 18.2 Å². The highest BCUT2D eigenvalue weighted by molar-refractivity contribution is 7.15. The number of methoxy groups -OCH3 is 1. The summed E-state index contributed by atoms with van der Waals surface area (Å²) in [6.07, 6.45) is 2.83. The average Bonchev–Trinajstić information content (AvgIpc) is 3.13. The molecule has 32 heavy (non-hydrogen) atoms. The van der Waals surface area contributed by atoms with Gasteiger partial charge >= 0.3 is 0 Å². The number of thiazole rings is 1. The monoisotopic (exact) mass is 453 g/mol. The van der Waals surface area contributed by atoms with E-state index in [9.17, 15) is 4.79 Å². The summed E-state index contributed by atoms with van der Waals surface area (Å²) in [5.74, 6) is 0.536. The van der Waals surface area contributed by atoms with E-state index in [4.69, 9.17) is 9.47 Å². The van der Waals surface area contributed by atoms with E-state index in [-0.39, 0.29) is 18.1 Å². The molecule has 0 aliphatic rings. The number of hydrogen-bond acceptors (Lipinski definition) is 6. The highest BCUT2D eigenvalue weighted by atomic mass is 32.1. The second kappa shape index (κ2) is 10.7. The van der Waals surface area contributed by atoms with Gasteiger partial charge in [-0.25, -0.2) is 4.98 Å². The predicted molar refractivity (Wildman–Crippen MR) is 128 cm³/mol. The number of aryl methyl sites for hydroxylation is 2. The van der Waals surface area contributed by atoms with Crippen molar-refractivity contribution in [3.05, 3.63) is 63.8 Å². The Morgan fingerprint density at radius 3 is 2.66 bits per heavy atom. The fourth-order valence-electron chi connectivity index (χ4n) is 3.62. The van der Waals surface area contributed by atoms with Gasteiger partial charge in [0.15, 0.2) is 0 Å². The van der Waals surface area contributed by atoms with E-state index in [1.807, 2.05) is 52.0 Å². The summed E-state index contributed by atoms with van der Waals surface area (Å²) >= 11 is 1.48. The molecule has 2 aromatic heterocycles. The van der Waals surface area contributed by atoms with Crippen molar-refractivity contribution in [1.82, 2.24) is 15.3 Å². The third kappa shape index (κ3) is 5.93. The number of carbonyl (C=O) groups is 1. The predicted octanol–water partition coefficient (Wildman–Crippen LogP) is 5.12. The van der Waals surface area contributed by atoms with E-state index in [0.29, 0.717) is 12.2 Å². The van der Waals surface area contributed by atoms with Gasteiger partial charge in [0, 0.05) is 23.2 Å². The Kier molecular flexibility index (Phi) is 7.99. The summed E-state index contributed by atoms with van der Waals surface area (Å²) in [6, 6.07) is 9.93. The molecule has 1 amide bonds. The molecule has 0 spiro atoms. The highest BCUT2D eigenvalue weighted by Gasteiger charge is 2.18. The number of benzene rings is 1. The maximum absolute atomic E-state index is 12.9. The maximum Gasteiger partial charge on any atom is 0.271 e. The highest BCUT2D eigenvalue weighted by Crippen LogP contribution is 2.28. The topological polar surface area (TPSA) is 73.3 Å². The third-order valence-electron chi connectivity index (χ3n) is 5.04. The Balaban J connectivity index is 1.73. The van der Waals surface area contributed by atoms with Gasteiger partial charge in [0.2, 0.25) is 0 Å². The lowest BCUT2D eigenvalue weighted by molar-refractivity contribution is 0.0194. The fourth-order valence-corrected chi connectivity index (χ4v) is 4.59. The lowest BCUT2D eigenvalue weighted by Crippen LogP contribution is -2.24. The molecule has 1 aromatic carbocycles. The second-order valence-electron chi connectivity index (χ2n) is 8.12. The number of nitrogens with zero attached hydrogens (tertiary/aromatic N) is 2. The first-order chi connectivity index (χ1) is 15.3. The van der Waals surface area contributed by atoms with Crippen LogP contribution in [0, 0.1) is 13.8 Å². The number of carbonyl (C=O) groups excluding carboxylic acids is 1. The number of aromatic nitrogens is 2. The zero-order chi connectivity index (χ0) is 23.3. The number of nitrogens with one attached hydrogen (secondary N) is 1. The SMILES string of the molecule is COc1ccc(CC(C)OC(C)C)cc1CNC(=O)c1nc(-c2ncccc2C)sc1C. The molecule has 1 unspecified atom stereocenters. The molecular formula is C25H31N3O3S. The zero-order valence-corrected chi connectivity index (χ0v) is 20.4. The van der Waals surface area contributed by atoms with Crippen molar-refractivity contribution in [1.29, 1.82) is 0 Å². The summed E-state index contributed by atoms with van der Waals surface area (Å²) in [5, 5.41) is 3.75. The van der Waals surface area contributed by atoms with Gasteiger partial charge in [-0.3, -0.25) is 9.78 Å². The molecule has 3 aromatic rings. The van der Waals surface area contributed by atoms with Gasteiger partial charge in [-0.2, -0.15) is 0 Å². The Labute approximate surface area is 194 Å². The van der Waals surface area contributed by atoms with Crippen LogP contribution in [-0.2, 0) is 17.7 Å². The fraction of sp³-hybridized carbons (Fsp3) is 0.400. The van der Waals surface area contributed by atoms with Crippen LogP contribution >= 0.6 is 11.3 Å².